The first-order chi connectivity index (χ1) is 19.5. The summed E-state index contributed by atoms with van der Waals surface area (Å²) < 4.78 is 36.1. The number of benzene rings is 1. The van der Waals surface area contributed by atoms with E-state index < -0.39 is 42.7 Å². The van der Waals surface area contributed by atoms with E-state index in [1.165, 1.54) is 12.1 Å². The Bertz CT molecular complexity index is 966. The highest BCUT2D eigenvalue weighted by atomic mass is 16.8. The van der Waals surface area contributed by atoms with Crippen molar-refractivity contribution in [1.29, 1.82) is 0 Å². The quantitative estimate of drug-likeness (QED) is 0.101. The normalized spacial score (nSPS) is 13.0. The van der Waals surface area contributed by atoms with Gasteiger partial charge in [0.05, 0.1) is 19.3 Å². The molecule has 0 saturated carbocycles. The van der Waals surface area contributed by atoms with E-state index >= 15 is 0 Å². The van der Waals surface area contributed by atoms with E-state index in [4.69, 9.17) is 38.9 Å². The first-order valence-corrected chi connectivity index (χ1v) is 14.1. The fourth-order valence-electron chi connectivity index (χ4n) is 3.27. The second-order valence-corrected chi connectivity index (χ2v) is 9.79. The molecule has 3 atom stereocenters. The molecule has 41 heavy (non-hydrogen) atoms. The minimum Gasteiger partial charge on any atom is -0.458 e. The lowest BCUT2D eigenvalue weighted by Gasteiger charge is -2.22. The van der Waals surface area contributed by atoms with E-state index in [0.717, 1.165) is 25.7 Å². The number of hydrogen-bond acceptors (Lipinski definition) is 12. The van der Waals surface area contributed by atoms with Gasteiger partial charge in [-0.25, -0.2) is 14.4 Å². The fraction of sp³-hybridized carbons (Fsp3) is 0.655. The number of carbonyl (C=O) groups is 4. The van der Waals surface area contributed by atoms with Crippen molar-refractivity contribution in [2.45, 2.75) is 111 Å². The Morgan fingerprint density at radius 2 is 1.24 bits per heavy atom. The second-order valence-electron chi connectivity index (χ2n) is 9.79. The molecule has 0 aliphatic rings. The zero-order valence-electron chi connectivity index (χ0n) is 25.0. The van der Waals surface area contributed by atoms with Crippen LogP contribution in [0.25, 0.3) is 0 Å². The van der Waals surface area contributed by atoms with E-state index in [1.807, 2.05) is 13.8 Å². The van der Waals surface area contributed by atoms with Gasteiger partial charge in [0, 0.05) is 0 Å². The summed E-state index contributed by atoms with van der Waals surface area (Å²) in [4.78, 5) is 48.7. The standard InChI is InChI=1S/C29H45NO11/c1-7-9-11-15-35-27(32)40-24-14-13-22(18-25(24)41-28(33)36-16-12-10-8-2)17-23(30)26(31)38-20(5)21(6)39-29(34)37-19(3)4/h13-14,18-21,23H,7-12,15-17,30H2,1-6H3/t20-,21?,23-/m0/s1. The van der Waals surface area contributed by atoms with Crippen molar-refractivity contribution in [3.8, 4) is 11.5 Å². The van der Waals surface area contributed by atoms with Crippen molar-refractivity contribution >= 4 is 24.4 Å². The SMILES string of the molecule is CCCCCOC(=O)Oc1ccc(C[C@H](N)C(=O)O[C@@H](C)C(C)OC(=O)OC(C)C)cc1OC(=O)OCCCCC. The Labute approximate surface area is 242 Å². The summed E-state index contributed by atoms with van der Waals surface area (Å²) in [6, 6.07) is 3.27. The third-order valence-corrected chi connectivity index (χ3v) is 5.67. The molecule has 12 nitrogen and oxygen atoms in total. The maximum absolute atomic E-state index is 12.6. The van der Waals surface area contributed by atoms with Gasteiger partial charge in [-0.15, -0.1) is 0 Å². The van der Waals surface area contributed by atoms with Crippen molar-refractivity contribution in [1.82, 2.24) is 0 Å². The van der Waals surface area contributed by atoms with Gasteiger partial charge < -0.3 is 38.9 Å². The van der Waals surface area contributed by atoms with Gasteiger partial charge in [-0.2, -0.15) is 0 Å². The third-order valence-electron chi connectivity index (χ3n) is 5.67. The molecule has 0 saturated heterocycles. The van der Waals surface area contributed by atoms with Crippen molar-refractivity contribution in [2.75, 3.05) is 13.2 Å². The summed E-state index contributed by atoms with van der Waals surface area (Å²) in [6.07, 6.45) is 0.359. The van der Waals surface area contributed by atoms with Crippen LogP contribution in [0.5, 0.6) is 11.5 Å². The van der Waals surface area contributed by atoms with Crippen molar-refractivity contribution in [3.63, 3.8) is 0 Å². The zero-order valence-corrected chi connectivity index (χ0v) is 25.0. The minimum atomic E-state index is -1.10. The van der Waals surface area contributed by atoms with Gasteiger partial charge in [0.1, 0.15) is 18.2 Å². The van der Waals surface area contributed by atoms with Crippen LogP contribution >= 0.6 is 0 Å². The second kappa shape index (κ2) is 19.5. The number of ether oxygens (including phenoxy) is 7. The summed E-state index contributed by atoms with van der Waals surface area (Å²) >= 11 is 0. The van der Waals surface area contributed by atoms with Crippen LogP contribution in [-0.2, 0) is 34.9 Å². The Morgan fingerprint density at radius 3 is 1.78 bits per heavy atom. The van der Waals surface area contributed by atoms with E-state index in [2.05, 4.69) is 0 Å². The van der Waals surface area contributed by atoms with Crippen molar-refractivity contribution in [3.05, 3.63) is 23.8 Å². The van der Waals surface area contributed by atoms with Crippen molar-refractivity contribution < 1.29 is 52.3 Å². The monoisotopic (exact) mass is 583 g/mol. The summed E-state index contributed by atoms with van der Waals surface area (Å²) in [7, 11) is 0. The first-order valence-electron chi connectivity index (χ1n) is 14.1. The Morgan fingerprint density at radius 1 is 0.707 bits per heavy atom. The summed E-state index contributed by atoms with van der Waals surface area (Å²) in [6.45, 7) is 10.9. The Balaban J connectivity index is 2.88. The molecule has 0 heterocycles. The van der Waals surface area contributed by atoms with Gasteiger partial charge in [-0.05, 0) is 64.7 Å². The number of carbonyl (C=O) groups excluding carboxylic acids is 4. The smallest absolute Gasteiger partial charge is 0.458 e. The molecule has 0 aliphatic carbocycles. The van der Waals surface area contributed by atoms with E-state index in [-0.39, 0.29) is 37.2 Å². The van der Waals surface area contributed by atoms with Crippen LogP contribution in [0.4, 0.5) is 14.4 Å². The van der Waals surface area contributed by atoms with Gasteiger partial charge in [-0.1, -0.05) is 45.6 Å². The molecule has 0 bridgehead atoms. The molecule has 0 fully saturated rings. The van der Waals surface area contributed by atoms with Crippen LogP contribution in [0.3, 0.4) is 0 Å². The molecule has 0 aliphatic heterocycles. The number of esters is 1. The van der Waals surface area contributed by atoms with E-state index in [1.54, 1.807) is 33.8 Å². The Kier molecular flexibility index (Phi) is 16.9. The van der Waals surface area contributed by atoms with Crippen LogP contribution in [0.15, 0.2) is 18.2 Å². The summed E-state index contributed by atoms with van der Waals surface area (Å²) in [5, 5.41) is 0. The average Bonchev–Trinajstić information content (AvgIpc) is 2.90. The molecule has 12 heteroatoms. The highest BCUT2D eigenvalue weighted by Crippen LogP contribution is 2.30. The molecule has 0 radical (unpaired) electrons. The number of hydrogen-bond donors (Lipinski definition) is 1. The lowest BCUT2D eigenvalue weighted by molar-refractivity contribution is -0.155. The molecule has 1 unspecified atom stereocenters. The molecular formula is C29H45NO11. The van der Waals surface area contributed by atoms with Crippen LogP contribution in [0, 0.1) is 0 Å². The highest BCUT2D eigenvalue weighted by Gasteiger charge is 2.26. The highest BCUT2D eigenvalue weighted by molar-refractivity contribution is 5.76. The van der Waals surface area contributed by atoms with Crippen LogP contribution in [0.2, 0.25) is 0 Å². The predicted octanol–water partition coefficient (Wildman–Crippen LogP) is 5.85. The van der Waals surface area contributed by atoms with Gasteiger partial charge in [0.25, 0.3) is 0 Å². The average molecular weight is 584 g/mol. The lowest BCUT2D eigenvalue weighted by Crippen LogP contribution is -2.39. The molecule has 0 aromatic heterocycles. The topological polar surface area (TPSA) is 159 Å². The van der Waals surface area contributed by atoms with Crippen LogP contribution in [-0.4, -0.2) is 62.0 Å². The Hall–Kier alpha value is -3.54. The summed E-state index contributed by atoms with van der Waals surface area (Å²) in [5.74, 6) is -0.907. The number of rotatable bonds is 17. The molecule has 2 N–H and O–H groups in total. The fourth-order valence-corrected chi connectivity index (χ4v) is 3.27. The van der Waals surface area contributed by atoms with Crippen LogP contribution < -0.4 is 15.2 Å². The maximum Gasteiger partial charge on any atom is 0.513 e. The lowest BCUT2D eigenvalue weighted by atomic mass is 10.1. The molecule has 1 aromatic carbocycles. The molecule has 1 aromatic rings. The molecule has 1 rings (SSSR count). The molecule has 232 valence electrons. The summed E-state index contributed by atoms with van der Waals surface area (Å²) in [5.41, 5.74) is 6.55. The van der Waals surface area contributed by atoms with Crippen LogP contribution in [0.1, 0.15) is 85.6 Å². The van der Waals surface area contributed by atoms with Crippen molar-refractivity contribution in [2.24, 2.45) is 5.73 Å². The first kappa shape index (κ1) is 35.5. The zero-order chi connectivity index (χ0) is 30.8. The number of unbranched alkanes of at least 4 members (excludes halogenated alkanes) is 4. The van der Waals surface area contributed by atoms with Gasteiger partial charge in [0.15, 0.2) is 11.5 Å². The van der Waals surface area contributed by atoms with E-state index in [9.17, 15) is 19.2 Å². The third kappa shape index (κ3) is 15.1. The molecular weight excluding hydrogens is 538 g/mol. The molecule has 0 amide bonds. The van der Waals surface area contributed by atoms with E-state index in [0.29, 0.717) is 18.4 Å². The molecule has 0 spiro atoms. The van der Waals surface area contributed by atoms with Gasteiger partial charge in [-0.3, -0.25) is 4.79 Å². The largest absolute Gasteiger partial charge is 0.513 e. The predicted molar refractivity (Wildman–Crippen MR) is 149 cm³/mol. The number of nitrogens with two attached hydrogens (primary N) is 1. The maximum atomic E-state index is 12.6. The van der Waals surface area contributed by atoms with Gasteiger partial charge >= 0.3 is 24.4 Å². The van der Waals surface area contributed by atoms with Gasteiger partial charge in [0.2, 0.25) is 0 Å². The minimum absolute atomic E-state index is 0.000164.